The van der Waals surface area contributed by atoms with E-state index in [0.717, 1.165) is 6.42 Å². The summed E-state index contributed by atoms with van der Waals surface area (Å²) in [4.78, 5) is 0. The summed E-state index contributed by atoms with van der Waals surface area (Å²) in [6.45, 7) is 1.81. The van der Waals surface area contributed by atoms with Crippen LogP contribution in [0, 0.1) is 0 Å². The third kappa shape index (κ3) is 2.71. The second kappa shape index (κ2) is 4.95. The summed E-state index contributed by atoms with van der Waals surface area (Å²) in [5.74, 6) is 0. The van der Waals surface area contributed by atoms with Crippen LogP contribution in [0.2, 0.25) is 0 Å². The van der Waals surface area contributed by atoms with Crippen molar-refractivity contribution in [2.75, 3.05) is 0 Å². The van der Waals surface area contributed by atoms with Gasteiger partial charge in [-0.15, -0.1) is 0 Å². The van der Waals surface area contributed by atoms with Crippen molar-refractivity contribution in [1.29, 1.82) is 0 Å². The molecule has 1 atom stereocenters. The van der Waals surface area contributed by atoms with E-state index in [2.05, 4.69) is 36.4 Å². The summed E-state index contributed by atoms with van der Waals surface area (Å²) in [5.41, 5.74) is 3.62. The first-order valence-electron chi connectivity index (χ1n) is 5.58. The fraction of sp³-hybridized carbons (Fsp3) is 0.200. The molecule has 16 heavy (non-hydrogen) atoms. The van der Waals surface area contributed by atoms with Crippen molar-refractivity contribution in [3.63, 3.8) is 0 Å². The van der Waals surface area contributed by atoms with Crippen molar-refractivity contribution < 1.29 is 5.11 Å². The van der Waals surface area contributed by atoms with Crippen LogP contribution in [0.15, 0.2) is 54.6 Å². The molecule has 0 fully saturated rings. The Morgan fingerprint density at radius 1 is 0.875 bits per heavy atom. The highest BCUT2D eigenvalue weighted by atomic mass is 16.3. The van der Waals surface area contributed by atoms with Crippen molar-refractivity contribution in [2.45, 2.75) is 19.4 Å². The Morgan fingerprint density at radius 3 is 2.00 bits per heavy atom. The van der Waals surface area contributed by atoms with Gasteiger partial charge in [-0.1, -0.05) is 54.6 Å². The van der Waals surface area contributed by atoms with E-state index in [-0.39, 0.29) is 6.10 Å². The molecular formula is C15H16O. The van der Waals surface area contributed by atoms with Gasteiger partial charge in [0.25, 0.3) is 0 Å². The molecule has 1 heteroatoms. The fourth-order valence-electron chi connectivity index (χ4n) is 1.80. The predicted octanol–water partition coefficient (Wildman–Crippen LogP) is 3.28. The van der Waals surface area contributed by atoms with Crippen molar-refractivity contribution in [2.24, 2.45) is 0 Å². The molecule has 0 aliphatic carbocycles. The third-order valence-electron chi connectivity index (χ3n) is 2.59. The molecule has 2 aromatic carbocycles. The van der Waals surface area contributed by atoms with Gasteiger partial charge in [0.2, 0.25) is 0 Å². The minimum atomic E-state index is -0.275. The fourth-order valence-corrected chi connectivity index (χ4v) is 1.80. The summed E-state index contributed by atoms with van der Waals surface area (Å²) < 4.78 is 0. The topological polar surface area (TPSA) is 20.2 Å². The van der Waals surface area contributed by atoms with Gasteiger partial charge >= 0.3 is 0 Å². The van der Waals surface area contributed by atoms with Gasteiger partial charge in [0.1, 0.15) is 0 Å². The summed E-state index contributed by atoms with van der Waals surface area (Å²) in [7, 11) is 0. The zero-order chi connectivity index (χ0) is 11.4. The summed E-state index contributed by atoms with van der Waals surface area (Å²) in [5, 5.41) is 9.29. The number of benzene rings is 2. The van der Waals surface area contributed by atoms with Gasteiger partial charge in [0.15, 0.2) is 0 Å². The lowest BCUT2D eigenvalue weighted by atomic mass is 10.0. The molecule has 0 spiro atoms. The van der Waals surface area contributed by atoms with Gasteiger partial charge < -0.3 is 5.11 Å². The van der Waals surface area contributed by atoms with Crippen LogP contribution < -0.4 is 0 Å². The molecule has 2 aromatic rings. The van der Waals surface area contributed by atoms with Crippen LogP contribution in [0.5, 0.6) is 0 Å². The second-order valence-corrected chi connectivity index (χ2v) is 4.12. The van der Waals surface area contributed by atoms with E-state index in [0.29, 0.717) is 0 Å². The van der Waals surface area contributed by atoms with E-state index < -0.39 is 0 Å². The van der Waals surface area contributed by atoms with Crippen LogP contribution in [0.1, 0.15) is 12.5 Å². The Kier molecular flexibility index (Phi) is 3.37. The van der Waals surface area contributed by atoms with Crippen molar-refractivity contribution in [3.8, 4) is 11.1 Å². The maximum atomic E-state index is 9.29. The summed E-state index contributed by atoms with van der Waals surface area (Å²) in [6, 6.07) is 18.7. The Bertz CT molecular complexity index is 429. The van der Waals surface area contributed by atoms with Crippen molar-refractivity contribution >= 4 is 0 Å². The Hall–Kier alpha value is -1.60. The SMILES string of the molecule is C[C@@H](O)Cc1ccc(-c2ccccc2)cc1. The Balaban J connectivity index is 2.20. The number of hydrogen-bond acceptors (Lipinski definition) is 1. The van der Waals surface area contributed by atoms with E-state index in [9.17, 15) is 5.11 Å². The molecule has 0 aromatic heterocycles. The minimum Gasteiger partial charge on any atom is -0.393 e. The van der Waals surface area contributed by atoms with Crippen LogP contribution in [-0.2, 0) is 6.42 Å². The molecular weight excluding hydrogens is 196 g/mol. The molecule has 0 saturated heterocycles. The average Bonchev–Trinajstić information content (AvgIpc) is 2.30. The molecule has 0 amide bonds. The van der Waals surface area contributed by atoms with E-state index in [1.807, 2.05) is 25.1 Å². The molecule has 82 valence electrons. The first-order valence-corrected chi connectivity index (χ1v) is 5.58. The predicted molar refractivity (Wildman–Crippen MR) is 67.3 cm³/mol. The zero-order valence-electron chi connectivity index (χ0n) is 9.43. The van der Waals surface area contributed by atoms with Gasteiger partial charge in [0, 0.05) is 0 Å². The lowest BCUT2D eigenvalue weighted by molar-refractivity contribution is 0.195. The van der Waals surface area contributed by atoms with E-state index in [1.165, 1.54) is 16.7 Å². The van der Waals surface area contributed by atoms with Crippen LogP contribution in [0.4, 0.5) is 0 Å². The number of aliphatic hydroxyl groups excluding tert-OH is 1. The molecule has 0 bridgehead atoms. The van der Waals surface area contributed by atoms with Crippen molar-refractivity contribution in [1.82, 2.24) is 0 Å². The Morgan fingerprint density at radius 2 is 1.44 bits per heavy atom. The smallest absolute Gasteiger partial charge is 0.0552 e. The minimum absolute atomic E-state index is 0.275. The second-order valence-electron chi connectivity index (χ2n) is 4.12. The molecule has 2 rings (SSSR count). The maximum absolute atomic E-state index is 9.29. The van der Waals surface area contributed by atoms with Crippen LogP contribution in [0.3, 0.4) is 0 Å². The number of rotatable bonds is 3. The molecule has 0 aliphatic rings. The highest BCUT2D eigenvalue weighted by Gasteiger charge is 2.00. The van der Waals surface area contributed by atoms with Gasteiger partial charge in [-0.25, -0.2) is 0 Å². The normalized spacial score (nSPS) is 12.4. The van der Waals surface area contributed by atoms with Crippen LogP contribution >= 0.6 is 0 Å². The summed E-state index contributed by atoms with van der Waals surface area (Å²) >= 11 is 0. The molecule has 0 unspecified atom stereocenters. The van der Waals surface area contributed by atoms with Crippen molar-refractivity contribution in [3.05, 3.63) is 60.2 Å². The largest absolute Gasteiger partial charge is 0.393 e. The van der Waals surface area contributed by atoms with Crippen LogP contribution in [-0.4, -0.2) is 11.2 Å². The summed E-state index contributed by atoms with van der Waals surface area (Å²) in [6.07, 6.45) is 0.442. The molecule has 1 N–H and O–H groups in total. The van der Waals surface area contributed by atoms with Gasteiger partial charge in [-0.3, -0.25) is 0 Å². The molecule has 1 nitrogen and oxygen atoms in total. The monoisotopic (exact) mass is 212 g/mol. The lowest BCUT2D eigenvalue weighted by Crippen LogP contribution is -2.03. The van der Waals surface area contributed by atoms with Gasteiger partial charge in [0.05, 0.1) is 6.10 Å². The Labute approximate surface area is 96.4 Å². The van der Waals surface area contributed by atoms with E-state index in [1.54, 1.807) is 0 Å². The third-order valence-corrected chi connectivity index (χ3v) is 2.59. The highest BCUT2D eigenvalue weighted by Crippen LogP contribution is 2.19. The molecule has 0 aliphatic heterocycles. The maximum Gasteiger partial charge on any atom is 0.0552 e. The lowest BCUT2D eigenvalue weighted by Gasteiger charge is -2.06. The zero-order valence-corrected chi connectivity index (χ0v) is 9.43. The average molecular weight is 212 g/mol. The van der Waals surface area contributed by atoms with Crippen LogP contribution in [0.25, 0.3) is 11.1 Å². The van der Waals surface area contributed by atoms with E-state index >= 15 is 0 Å². The first kappa shape index (κ1) is 10.9. The first-order chi connectivity index (χ1) is 7.75. The van der Waals surface area contributed by atoms with Gasteiger partial charge in [-0.05, 0) is 30.0 Å². The molecule has 0 heterocycles. The van der Waals surface area contributed by atoms with Gasteiger partial charge in [-0.2, -0.15) is 0 Å². The molecule has 0 saturated carbocycles. The quantitative estimate of drug-likeness (QED) is 0.827. The van der Waals surface area contributed by atoms with E-state index in [4.69, 9.17) is 0 Å². The number of aliphatic hydroxyl groups is 1. The molecule has 0 radical (unpaired) electrons. The number of hydrogen-bond donors (Lipinski definition) is 1. The standard InChI is InChI=1S/C15H16O/c1-12(16)11-13-7-9-15(10-8-13)14-5-3-2-4-6-14/h2-10,12,16H,11H2,1H3/t12-/m1/s1. The highest BCUT2D eigenvalue weighted by molar-refractivity contribution is 5.63.